The summed E-state index contributed by atoms with van der Waals surface area (Å²) >= 11 is 1.40. The molecule has 138 valence electrons. The zero-order valence-electron chi connectivity index (χ0n) is 14.9. The summed E-state index contributed by atoms with van der Waals surface area (Å²) in [5.41, 5.74) is 3.03. The molecule has 2 aromatic carbocycles. The molecule has 0 bridgehead atoms. The summed E-state index contributed by atoms with van der Waals surface area (Å²) in [7, 11) is 1.62. The van der Waals surface area contributed by atoms with Crippen LogP contribution < -0.4 is 4.74 Å². The monoisotopic (exact) mass is 389 g/mol. The van der Waals surface area contributed by atoms with Gasteiger partial charge in [-0.1, -0.05) is 12.2 Å². The molecule has 0 fully saturated rings. The third-order valence-electron chi connectivity index (χ3n) is 3.90. The van der Waals surface area contributed by atoms with Crippen molar-refractivity contribution < 1.29 is 9.66 Å². The van der Waals surface area contributed by atoms with Crippen molar-refractivity contribution in [2.45, 2.75) is 0 Å². The van der Waals surface area contributed by atoms with E-state index in [1.807, 2.05) is 29.6 Å². The van der Waals surface area contributed by atoms with Crippen LogP contribution in [0.5, 0.6) is 5.75 Å². The number of nitrogens with zero attached hydrogens (tertiary/aromatic N) is 3. The molecule has 1 aromatic heterocycles. The molecular formula is C21H15N3O3S. The Hall–Kier alpha value is -3.76. The van der Waals surface area contributed by atoms with E-state index in [1.54, 1.807) is 37.5 Å². The Kier molecular flexibility index (Phi) is 5.94. The van der Waals surface area contributed by atoms with Gasteiger partial charge in [0.1, 0.15) is 16.8 Å². The average Bonchev–Trinajstić information content (AvgIpc) is 3.21. The van der Waals surface area contributed by atoms with Gasteiger partial charge in [-0.2, -0.15) is 5.26 Å². The molecule has 0 saturated heterocycles. The van der Waals surface area contributed by atoms with E-state index >= 15 is 0 Å². The van der Waals surface area contributed by atoms with E-state index in [4.69, 9.17) is 4.74 Å². The number of hydrogen-bond acceptors (Lipinski definition) is 6. The van der Waals surface area contributed by atoms with Crippen LogP contribution in [0.1, 0.15) is 10.6 Å². The third-order valence-corrected chi connectivity index (χ3v) is 4.77. The number of ether oxygens (including phenoxy) is 1. The first-order chi connectivity index (χ1) is 13.6. The number of methoxy groups -OCH3 is 1. The second kappa shape index (κ2) is 8.75. The SMILES string of the molecule is COc1ccc(-c2csc(/C(C#N)=C\C=C\c3ccc([N+](=O)[O-])cc3)n2)cc1. The Balaban J connectivity index is 1.76. The van der Waals surface area contributed by atoms with E-state index in [1.165, 1.54) is 23.5 Å². The molecule has 0 aliphatic carbocycles. The van der Waals surface area contributed by atoms with Crippen molar-refractivity contribution in [3.63, 3.8) is 0 Å². The zero-order chi connectivity index (χ0) is 19.9. The van der Waals surface area contributed by atoms with Crippen molar-refractivity contribution in [1.82, 2.24) is 4.98 Å². The molecule has 3 aromatic rings. The second-order valence-corrected chi connectivity index (χ2v) is 6.52. The third kappa shape index (κ3) is 4.50. The Morgan fingerprint density at radius 1 is 1.21 bits per heavy atom. The Morgan fingerprint density at radius 2 is 1.93 bits per heavy atom. The molecule has 0 aliphatic rings. The van der Waals surface area contributed by atoms with Gasteiger partial charge in [0.25, 0.3) is 5.69 Å². The first-order valence-electron chi connectivity index (χ1n) is 8.24. The number of allylic oxidation sites excluding steroid dienone is 3. The van der Waals surface area contributed by atoms with Gasteiger partial charge < -0.3 is 4.74 Å². The number of nitro groups is 1. The predicted molar refractivity (Wildman–Crippen MR) is 110 cm³/mol. The van der Waals surface area contributed by atoms with E-state index in [0.717, 1.165) is 22.6 Å². The molecule has 0 unspecified atom stereocenters. The van der Waals surface area contributed by atoms with Crippen molar-refractivity contribution in [1.29, 1.82) is 5.26 Å². The molecule has 7 heteroatoms. The van der Waals surface area contributed by atoms with Crippen molar-refractivity contribution in [3.05, 3.63) is 86.7 Å². The minimum Gasteiger partial charge on any atom is -0.497 e. The molecule has 0 atom stereocenters. The van der Waals surface area contributed by atoms with Crippen LogP contribution in [0.3, 0.4) is 0 Å². The number of rotatable bonds is 6. The molecule has 1 heterocycles. The maximum absolute atomic E-state index is 10.7. The molecule has 0 N–H and O–H groups in total. The average molecular weight is 389 g/mol. The highest BCUT2D eigenvalue weighted by atomic mass is 32.1. The fraction of sp³-hybridized carbons (Fsp3) is 0.0476. The van der Waals surface area contributed by atoms with Gasteiger partial charge in [-0.15, -0.1) is 11.3 Å². The first kappa shape index (κ1) is 19.0. The standard InChI is InChI=1S/C21H15N3O3S/c1-27-19-11-7-16(8-12-19)20-14-28-21(23-20)17(13-22)4-2-3-15-5-9-18(10-6-15)24(25)26/h2-12,14H,1H3/b3-2+,17-4-. The molecule has 0 radical (unpaired) electrons. The minimum atomic E-state index is -0.440. The normalized spacial score (nSPS) is 11.4. The van der Waals surface area contributed by atoms with Crippen LogP contribution in [0.15, 0.2) is 66.1 Å². The summed E-state index contributed by atoms with van der Waals surface area (Å²) < 4.78 is 5.15. The van der Waals surface area contributed by atoms with E-state index in [9.17, 15) is 15.4 Å². The van der Waals surface area contributed by atoms with Crippen LogP contribution in [0, 0.1) is 21.4 Å². The highest BCUT2D eigenvalue weighted by Crippen LogP contribution is 2.27. The fourth-order valence-electron chi connectivity index (χ4n) is 2.41. The summed E-state index contributed by atoms with van der Waals surface area (Å²) in [6.07, 6.45) is 5.19. The van der Waals surface area contributed by atoms with Crippen molar-refractivity contribution in [2.24, 2.45) is 0 Å². The van der Waals surface area contributed by atoms with Gasteiger partial charge in [0.15, 0.2) is 0 Å². The molecule has 0 aliphatic heterocycles. The second-order valence-electron chi connectivity index (χ2n) is 5.67. The van der Waals surface area contributed by atoms with Crippen LogP contribution in [-0.4, -0.2) is 17.0 Å². The number of non-ortho nitro benzene ring substituents is 1. The topological polar surface area (TPSA) is 89.0 Å². The first-order valence-corrected chi connectivity index (χ1v) is 9.12. The number of benzene rings is 2. The summed E-state index contributed by atoms with van der Waals surface area (Å²) in [5.74, 6) is 0.771. The van der Waals surface area contributed by atoms with Crippen LogP contribution in [0.2, 0.25) is 0 Å². The largest absolute Gasteiger partial charge is 0.497 e. The van der Waals surface area contributed by atoms with Crippen molar-refractivity contribution in [2.75, 3.05) is 7.11 Å². The van der Waals surface area contributed by atoms with E-state index < -0.39 is 4.92 Å². The Morgan fingerprint density at radius 3 is 2.54 bits per heavy atom. The van der Waals surface area contributed by atoms with Gasteiger partial charge >= 0.3 is 0 Å². The molecule has 0 saturated carbocycles. The molecule has 3 rings (SSSR count). The maximum Gasteiger partial charge on any atom is 0.269 e. The van der Waals surface area contributed by atoms with Crippen LogP contribution in [-0.2, 0) is 0 Å². The lowest BCUT2D eigenvalue weighted by molar-refractivity contribution is -0.384. The summed E-state index contributed by atoms with van der Waals surface area (Å²) in [6, 6.07) is 15.9. The molecule has 28 heavy (non-hydrogen) atoms. The molecule has 6 nitrogen and oxygen atoms in total. The fourth-order valence-corrected chi connectivity index (χ4v) is 3.21. The summed E-state index contributed by atoms with van der Waals surface area (Å²) in [4.78, 5) is 14.8. The highest BCUT2D eigenvalue weighted by molar-refractivity contribution is 7.11. The number of nitriles is 1. The minimum absolute atomic E-state index is 0.0410. The molecular weight excluding hydrogens is 374 g/mol. The smallest absolute Gasteiger partial charge is 0.269 e. The maximum atomic E-state index is 10.7. The Labute approximate surface area is 165 Å². The van der Waals surface area contributed by atoms with Gasteiger partial charge in [0.2, 0.25) is 0 Å². The molecule has 0 amide bonds. The lowest BCUT2D eigenvalue weighted by atomic mass is 10.1. The van der Waals surface area contributed by atoms with Crippen molar-refractivity contribution in [3.8, 4) is 23.1 Å². The summed E-state index contributed by atoms with van der Waals surface area (Å²) in [5, 5.41) is 22.7. The van der Waals surface area contributed by atoms with Crippen LogP contribution in [0.25, 0.3) is 22.9 Å². The summed E-state index contributed by atoms with van der Waals surface area (Å²) in [6.45, 7) is 0. The number of hydrogen-bond donors (Lipinski definition) is 0. The Bertz CT molecular complexity index is 1080. The van der Waals surface area contributed by atoms with Crippen LogP contribution in [0.4, 0.5) is 5.69 Å². The lowest BCUT2D eigenvalue weighted by Gasteiger charge is -2.00. The van der Waals surface area contributed by atoms with Gasteiger partial charge in [-0.05, 0) is 48.0 Å². The van der Waals surface area contributed by atoms with Gasteiger partial charge in [0, 0.05) is 23.1 Å². The predicted octanol–water partition coefficient (Wildman–Crippen LogP) is 5.35. The van der Waals surface area contributed by atoms with E-state index in [-0.39, 0.29) is 5.69 Å². The van der Waals surface area contributed by atoms with Gasteiger partial charge in [0.05, 0.1) is 23.3 Å². The number of aromatic nitrogens is 1. The quantitative estimate of drug-likeness (QED) is 0.245. The van der Waals surface area contributed by atoms with Crippen molar-refractivity contribution >= 4 is 28.7 Å². The van der Waals surface area contributed by atoms with Crippen LogP contribution >= 0.6 is 11.3 Å². The van der Waals surface area contributed by atoms with Gasteiger partial charge in [-0.25, -0.2) is 4.98 Å². The number of thiazole rings is 1. The van der Waals surface area contributed by atoms with E-state index in [0.29, 0.717) is 10.6 Å². The molecule has 0 spiro atoms. The number of nitro benzene ring substituents is 1. The zero-order valence-corrected chi connectivity index (χ0v) is 15.7. The highest BCUT2D eigenvalue weighted by Gasteiger charge is 2.08. The van der Waals surface area contributed by atoms with Gasteiger partial charge in [-0.3, -0.25) is 10.1 Å². The lowest BCUT2D eigenvalue weighted by Crippen LogP contribution is -1.86. The van der Waals surface area contributed by atoms with E-state index in [2.05, 4.69) is 11.1 Å².